The minimum atomic E-state index is -0.863. The SMILES string of the molecule is CN(CC(=O)O)CC1CN(c2nc(-c3cccc(Cl)c3)no2)CCO1. The van der Waals surface area contributed by atoms with Gasteiger partial charge in [0.05, 0.1) is 19.3 Å². The van der Waals surface area contributed by atoms with Crippen LogP contribution in [-0.2, 0) is 9.53 Å². The molecule has 1 unspecified atom stereocenters. The van der Waals surface area contributed by atoms with Crippen molar-refractivity contribution in [3.8, 4) is 11.4 Å². The first-order chi connectivity index (χ1) is 12.0. The average Bonchev–Trinajstić information content (AvgIpc) is 3.04. The molecule has 2 aromatic rings. The molecule has 0 radical (unpaired) electrons. The van der Waals surface area contributed by atoms with Crippen LogP contribution in [0.5, 0.6) is 0 Å². The zero-order valence-electron chi connectivity index (χ0n) is 13.8. The first kappa shape index (κ1) is 17.7. The van der Waals surface area contributed by atoms with Crippen molar-refractivity contribution in [2.45, 2.75) is 6.10 Å². The summed E-state index contributed by atoms with van der Waals surface area (Å²) >= 11 is 5.99. The van der Waals surface area contributed by atoms with Crippen LogP contribution in [0.4, 0.5) is 6.01 Å². The summed E-state index contributed by atoms with van der Waals surface area (Å²) in [4.78, 5) is 18.9. The van der Waals surface area contributed by atoms with E-state index in [-0.39, 0.29) is 12.6 Å². The normalized spacial score (nSPS) is 17.9. The molecule has 1 aromatic heterocycles. The molecule has 1 aromatic carbocycles. The number of likely N-dealkylation sites (N-methyl/N-ethyl adjacent to an activating group) is 1. The number of ether oxygens (including phenoxy) is 1. The van der Waals surface area contributed by atoms with E-state index in [2.05, 4.69) is 10.1 Å². The third kappa shape index (κ3) is 4.68. The standard InChI is InChI=1S/C16H19ClN4O4/c1-20(10-14(22)23)8-13-9-21(5-6-24-13)16-18-15(19-25-16)11-3-2-4-12(17)7-11/h2-4,7,13H,5-6,8-10H2,1H3,(H,22,23). The number of morpholine rings is 1. The number of carboxylic acids is 1. The fraction of sp³-hybridized carbons (Fsp3) is 0.438. The van der Waals surface area contributed by atoms with Gasteiger partial charge in [0.25, 0.3) is 0 Å². The number of halogens is 1. The second kappa shape index (κ2) is 7.81. The fourth-order valence-corrected chi connectivity index (χ4v) is 2.93. The molecule has 1 saturated heterocycles. The number of carboxylic acid groups (broad SMARTS) is 1. The summed E-state index contributed by atoms with van der Waals surface area (Å²) in [6, 6.07) is 7.68. The molecule has 1 N–H and O–H groups in total. The number of aliphatic carboxylic acids is 1. The van der Waals surface area contributed by atoms with E-state index in [1.807, 2.05) is 17.0 Å². The van der Waals surface area contributed by atoms with Crippen LogP contribution < -0.4 is 4.90 Å². The summed E-state index contributed by atoms with van der Waals surface area (Å²) in [7, 11) is 1.75. The van der Waals surface area contributed by atoms with Gasteiger partial charge in [0.2, 0.25) is 5.82 Å². The van der Waals surface area contributed by atoms with Crippen molar-refractivity contribution >= 4 is 23.6 Å². The predicted octanol–water partition coefficient (Wildman–Crippen LogP) is 1.61. The van der Waals surface area contributed by atoms with Crippen molar-refractivity contribution in [2.24, 2.45) is 0 Å². The number of aromatic nitrogens is 2. The van der Waals surface area contributed by atoms with Crippen LogP contribution in [0.2, 0.25) is 5.02 Å². The van der Waals surface area contributed by atoms with Crippen molar-refractivity contribution in [1.82, 2.24) is 15.0 Å². The van der Waals surface area contributed by atoms with Gasteiger partial charge in [0.15, 0.2) is 0 Å². The lowest BCUT2D eigenvalue weighted by molar-refractivity contribution is -0.138. The second-order valence-corrected chi connectivity index (χ2v) is 6.38. The van der Waals surface area contributed by atoms with Crippen LogP contribution in [0.1, 0.15) is 0 Å². The van der Waals surface area contributed by atoms with Gasteiger partial charge < -0.3 is 19.3 Å². The molecule has 0 bridgehead atoms. The number of benzene rings is 1. The summed E-state index contributed by atoms with van der Waals surface area (Å²) < 4.78 is 11.1. The molecule has 2 heterocycles. The van der Waals surface area contributed by atoms with Gasteiger partial charge in [-0.05, 0) is 19.2 Å². The molecular weight excluding hydrogens is 348 g/mol. The van der Waals surface area contributed by atoms with Crippen molar-refractivity contribution in [3.05, 3.63) is 29.3 Å². The van der Waals surface area contributed by atoms with E-state index in [0.29, 0.717) is 43.1 Å². The minimum absolute atomic E-state index is 0.0284. The van der Waals surface area contributed by atoms with Gasteiger partial charge >= 0.3 is 12.0 Å². The maximum atomic E-state index is 10.8. The molecule has 0 amide bonds. The van der Waals surface area contributed by atoms with Crippen molar-refractivity contribution < 1.29 is 19.2 Å². The van der Waals surface area contributed by atoms with E-state index < -0.39 is 5.97 Å². The van der Waals surface area contributed by atoms with Crippen LogP contribution in [0.15, 0.2) is 28.8 Å². The zero-order valence-corrected chi connectivity index (χ0v) is 14.5. The van der Waals surface area contributed by atoms with Crippen molar-refractivity contribution in [2.75, 3.05) is 44.7 Å². The molecule has 134 valence electrons. The summed E-state index contributed by atoms with van der Waals surface area (Å²) in [5.41, 5.74) is 0.786. The Morgan fingerprint density at radius 2 is 2.36 bits per heavy atom. The Balaban J connectivity index is 1.65. The monoisotopic (exact) mass is 366 g/mol. The molecule has 25 heavy (non-hydrogen) atoms. The Hall–Kier alpha value is -2.16. The predicted molar refractivity (Wildman–Crippen MR) is 91.8 cm³/mol. The molecule has 1 fully saturated rings. The number of nitrogens with zero attached hydrogens (tertiary/aromatic N) is 4. The number of hydrogen-bond acceptors (Lipinski definition) is 7. The summed E-state index contributed by atoms with van der Waals surface area (Å²) in [5, 5.41) is 13.5. The zero-order chi connectivity index (χ0) is 17.8. The largest absolute Gasteiger partial charge is 0.480 e. The first-order valence-electron chi connectivity index (χ1n) is 7.88. The highest BCUT2D eigenvalue weighted by molar-refractivity contribution is 6.30. The lowest BCUT2D eigenvalue weighted by atomic mass is 10.2. The highest BCUT2D eigenvalue weighted by Gasteiger charge is 2.26. The van der Waals surface area contributed by atoms with Crippen LogP contribution in [0.25, 0.3) is 11.4 Å². The lowest BCUT2D eigenvalue weighted by Crippen LogP contribution is -2.47. The van der Waals surface area contributed by atoms with E-state index in [0.717, 1.165) is 5.56 Å². The fourth-order valence-electron chi connectivity index (χ4n) is 2.74. The Morgan fingerprint density at radius 3 is 3.12 bits per heavy atom. The molecule has 8 nitrogen and oxygen atoms in total. The van der Waals surface area contributed by atoms with Gasteiger partial charge in [-0.25, -0.2) is 0 Å². The lowest BCUT2D eigenvalue weighted by Gasteiger charge is -2.33. The highest BCUT2D eigenvalue weighted by Crippen LogP contribution is 2.23. The summed E-state index contributed by atoms with van der Waals surface area (Å²) in [6.45, 7) is 2.19. The number of rotatable bonds is 6. The molecule has 3 rings (SSSR count). The van der Waals surface area contributed by atoms with E-state index in [9.17, 15) is 4.79 Å². The second-order valence-electron chi connectivity index (χ2n) is 5.94. The maximum absolute atomic E-state index is 10.8. The Labute approximate surface area is 149 Å². The van der Waals surface area contributed by atoms with Crippen LogP contribution in [0.3, 0.4) is 0 Å². The van der Waals surface area contributed by atoms with Crippen molar-refractivity contribution in [1.29, 1.82) is 0 Å². The minimum Gasteiger partial charge on any atom is -0.480 e. The molecule has 0 aliphatic carbocycles. The quantitative estimate of drug-likeness (QED) is 0.824. The number of anilines is 1. The summed E-state index contributed by atoms with van der Waals surface area (Å²) in [6.07, 6.45) is -0.125. The Kier molecular flexibility index (Phi) is 5.52. The van der Waals surface area contributed by atoms with Gasteiger partial charge in [-0.3, -0.25) is 9.69 Å². The van der Waals surface area contributed by atoms with E-state index >= 15 is 0 Å². The molecule has 0 spiro atoms. The third-order valence-electron chi connectivity index (χ3n) is 3.83. The molecule has 0 saturated carbocycles. The van der Waals surface area contributed by atoms with Crippen LogP contribution in [-0.4, -0.2) is 72.1 Å². The number of carbonyl (C=O) groups is 1. The molecule has 1 aliphatic heterocycles. The average molecular weight is 367 g/mol. The molecule has 1 atom stereocenters. The van der Waals surface area contributed by atoms with Gasteiger partial charge in [-0.15, -0.1) is 0 Å². The number of hydrogen-bond donors (Lipinski definition) is 1. The highest BCUT2D eigenvalue weighted by atomic mass is 35.5. The van der Waals surface area contributed by atoms with Gasteiger partial charge in [-0.2, -0.15) is 4.98 Å². The van der Waals surface area contributed by atoms with Gasteiger partial charge in [0, 0.05) is 30.2 Å². The molecular formula is C16H19ClN4O4. The first-order valence-corrected chi connectivity index (χ1v) is 8.25. The van der Waals surface area contributed by atoms with E-state index in [1.54, 1.807) is 24.1 Å². The van der Waals surface area contributed by atoms with E-state index in [4.69, 9.17) is 26.0 Å². The van der Waals surface area contributed by atoms with Crippen molar-refractivity contribution in [3.63, 3.8) is 0 Å². The topological polar surface area (TPSA) is 91.9 Å². The molecule has 1 aliphatic rings. The van der Waals surface area contributed by atoms with Gasteiger partial charge in [0.1, 0.15) is 0 Å². The Morgan fingerprint density at radius 1 is 1.52 bits per heavy atom. The van der Waals surface area contributed by atoms with Crippen LogP contribution in [0, 0.1) is 0 Å². The maximum Gasteiger partial charge on any atom is 0.324 e. The third-order valence-corrected chi connectivity index (χ3v) is 4.06. The van der Waals surface area contributed by atoms with E-state index in [1.165, 1.54) is 0 Å². The Bertz CT molecular complexity index is 738. The summed E-state index contributed by atoms with van der Waals surface area (Å²) in [5.74, 6) is -0.387. The molecule has 9 heteroatoms. The smallest absolute Gasteiger partial charge is 0.324 e. The van der Waals surface area contributed by atoms with Gasteiger partial charge in [-0.1, -0.05) is 28.9 Å². The van der Waals surface area contributed by atoms with Crippen LogP contribution >= 0.6 is 11.6 Å².